The van der Waals surface area contributed by atoms with Crippen LogP contribution in [-0.4, -0.2) is 43.3 Å². The summed E-state index contributed by atoms with van der Waals surface area (Å²) >= 11 is 5.05. The lowest BCUT2D eigenvalue weighted by Gasteiger charge is -2.16. The average molecular weight is 503 g/mol. The number of halogens is 1. The number of sulfonamides is 1. The van der Waals surface area contributed by atoms with E-state index >= 15 is 0 Å². The quantitative estimate of drug-likeness (QED) is 0.311. The van der Waals surface area contributed by atoms with Crippen molar-refractivity contribution in [1.82, 2.24) is 14.9 Å². The summed E-state index contributed by atoms with van der Waals surface area (Å²) in [5.74, 6) is 0.00214. The summed E-state index contributed by atoms with van der Waals surface area (Å²) in [7, 11) is -3.77. The Balaban J connectivity index is 1.59. The van der Waals surface area contributed by atoms with Gasteiger partial charge in [-0.1, -0.05) is 37.6 Å². The minimum absolute atomic E-state index is 0.0735. The molecule has 0 saturated carbocycles. The van der Waals surface area contributed by atoms with Crippen molar-refractivity contribution in [3.63, 3.8) is 0 Å². The molecule has 0 saturated heterocycles. The van der Waals surface area contributed by atoms with E-state index in [1.807, 2.05) is 6.92 Å². The highest BCUT2D eigenvalue weighted by Gasteiger charge is 2.27. The van der Waals surface area contributed by atoms with E-state index in [0.717, 1.165) is 18.4 Å². The van der Waals surface area contributed by atoms with Crippen LogP contribution >= 0.6 is 12.2 Å². The van der Waals surface area contributed by atoms with E-state index in [2.05, 4.69) is 15.0 Å². The number of carbonyl (C=O) groups excluding carboxylic acids is 1. The second kappa shape index (κ2) is 11.3. The van der Waals surface area contributed by atoms with Crippen LogP contribution in [0.2, 0.25) is 0 Å². The fraction of sp³-hybridized carbons (Fsp3) is 0.292. The molecule has 0 atom stereocenters. The van der Waals surface area contributed by atoms with Crippen molar-refractivity contribution < 1.29 is 17.6 Å². The minimum atomic E-state index is -3.77. The SMILES string of the molecule is CCCCNC(=S)NS(=O)(=O)c1ccc(CCN2C(=O)/C(=C/c3ccc(F)cc3)N=C2C)cc1. The van der Waals surface area contributed by atoms with Crippen LogP contribution in [0.5, 0.6) is 0 Å². The highest BCUT2D eigenvalue weighted by molar-refractivity contribution is 7.91. The second-order valence-electron chi connectivity index (χ2n) is 7.81. The summed E-state index contributed by atoms with van der Waals surface area (Å²) in [6.45, 7) is 4.79. The van der Waals surface area contributed by atoms with Gasteiger partial charge >= 0.3 is 0 Å². The lowest BCUT2D eigenvalue weighted by atomic mass is 10.1. The lowest BCUT2D eigenvalue weighted by Crippen LogP contribution is -2.39. The molecule has 34 heavy (non-hydrogen) atoms. The van der Waals surface area contributed by atoms with Crippen LogP contribution in [0.1, 0.15) is 37.8 Å². The Kier molecular flexibility index (Phi) is 8.51. The van der Waals surface area contributed by atoms with Gasteiger partial charge in [-0.2, -0.15) is 0 Å². The largest absolute Gasteiger partial charge is 0.362 e. The molecular weight excluding hydrogens is 475 g/mol. The van der Waals surface area contributed by atoms with Crippen LogP contribution in [0.25, 0.3) is 6.08 Å². The zero-order chi connectivity index (χ0) is 24.7. The van der Waals surface area contributed by atoms with Crippen molar-refractivity contribution in [2.45, 2.75) is 38.0 Å². The number of carbonyl (C=O) groups is 1. The number of benzene rings is 2. The Morgan fingerprint density at radius 2 is 1.82 bits per heavy atom. The third kappa shape index (κ3) is 6.71. The van der Waals surface area contributed by atoms with Crippen LogP contribution in [-0.2, 0) is 21.2 Å². The zero-order valence-electron chi connectivity index (χ0n) is 19.0. The molecule has 10 heteroatoms. The van der Waals surface area contributed by atoms with E-state index in [1.54, 1.807) is 42.2 Å². The van der Waals surface area contributed by atoms with Gasteiger partial charge in [-0.15, -0.1) is 0 Å². The topological polar surface area (TPSA) is 90.9 Å². The molecule has 1 aliphatic rings. The van der Waals surface area contributed by atoms with Gasteiger partial charge < -0.3 is 5.32 Å². The normalized spacial score (nSPS) is 14.9. The number of nitrogens with one attached hydrogen (secondary N) is 2. The summed E-state index contributed by atoms with van der Waals surface area (Å²) in [6, 6.07) is 12.3. The van der Waals surface area contributed by atoms with Crippen molar-refractivity contribution in [3.05, 3.63) is 71.2 Å². The van der Waals surface area contributed by atoms with Crippen molar-refractivity contribution >= 4 is 45.2 Å². The predicted octanol–water partition coefficient (Wildman–Crippen LogP) is 3.62. The van der Waals surface area contributed by atoms with Crippen LogP contribution < -0.4 is 10.0 Å². The number of unbranched alkanes of at least 4 members (excludes halogenated alkanes) is 1. The number of thiocarbonyl (C=S) groups is 1. The Hall–Kier alpha value is -3.11. The lowest BCUT2D eigenvalue weighted by molar-refractivity contribution is -0.122. The monoisotopic (exact) mass is 502 g/mol. The van der Waals surface area contributed by atoms with E-state index in [0.29, 0.717) is 36.6 Å². The van der Waals surface area contributed by atoms with Crippen molar-refractivity contribution in [2.24, 2.45) is 4.99 Å². The first-order chi connectivity index (χ1) is 16.2. The Labute approximate surface area is 204 Å². The summed E-state index contributed by atoms with van der Waals surface area (Å²) in [6.07, 6.45) is 4.01. The first-order valence-electron chi connectivity index (χ1n) is 10.9. The molecular formula is C24H27FN4O3S2. The molecule has 1 heterocycles. The molecule has 2 N–H and O–H groups in total. The smallest absolute Gasteiger partial charge is 0.277 e. The molecule has 0 aromatic heterocycles. The van der Waals surface area contributed by atoms with Gasteiger partial charge in [-0.3, -0.25) is 14.4 Å². The average Bonchev–Trinajstić information content (AvgIpc) is 3.06. The molecule has 2 aromatic carbocycles. The number of rotatable bonds is 9. The first-order valence-corrected chi connectivity index (χ1v) is 12.8. The van der Waals surface area contributed by atoms with E-state index in [-0.39, 0.29) is 21.7 Å². The van der Waals surface area contributed by atoms with E-state index in [4.69, 9.17) is 12.2 Å². The Morgan fingerprint density at radius 3 is 2.47 bits per heavy atom. The standard InChI is InChI=1S/C24H27FN4O3S2/c1-3-4-14-26-24(33)28-34(31,32)21-11-7-18(8-12-21)13-15-29-17(2)27-22(23(29)30)16-19-5-9-20(25)10-6-19/h5-12,16H,3-4,13-15H2,1-2H3,(H2,26,28,33)/b22-16-. The van der Waals surface area contributed by atoms with Crippen molar-refractivity contribution in [2.75, 3.05) is 13.1 Å². The van der Waals surface area contributed by atoms with Gasteiger partial charge in [0.1, 0.15) is 17.3 Å². The van der Waals surface area contributed by atoms with Gasteiger partial charge in [-0.25, -0.2) is 17.8 Å². The maximum absolute atomic E-state index is 13.1. The molecule has 2 aromatic rings. The van der Waals surface area contributed by atoms with Gasteiger partial charge in [0.05, 0.1) is 4.90 Å². The maximum Gasteiger partial charge on any atom is 0.277 e. The summed E-state index contributed by atoms with van der Waals surface area (Å²) in [4.78, 5) is 18.8. The van der Waals surface area contributed by atoms with E-state index in [9.17, 15) is 17.6 Å². The maximum atomic E-state index is 13.1. The van der Waals surface area contributed by atoms with Gasteiger partial charge in [0.25, 0.3) is 15.9 Å². The fourth-order valence-electron chi connectivity index (χ4n) is 3.31. The molecule has 0 bridgehead atoms. The van der Waals surface area contributed by atoms with Crippen LogP contribution in [0, 0.1) is 5.82 Å². The summed E-state index contributed by atoms with van der Waals surface area (Å²) in [5.41, 5.74) is 1.85. The molecule has 0 unspecified atom stereocenters. The van der Waals surface area contributed by atoms with Crippen LogP contribution in [0.3, 0.4) is 0 Å². The summed E-state index contributed by atoms with van der Waals surface area (Å²) < 4.78 is 40.5. The third-order valence-corrected chi connectivity index (χ3v) is 6.95. The molecule has 0 fully saturated rings. The zero-order valence-corrected chi connectivity index (χ0v) is 20.7. The van der Waals surface area contributed by atoms with Crippen LogP contribution in [0.4, 0.5) is 4.39 Å². The van der Waals surface area contributed by atoms with E-state index < -0.39 is 10.0 Å². The number of hydrogen-bond acceptors (Lipinski definition) is 5. The molecule has 1 amide bonds. The third-order valence-electron chi connectivity index (χ3n) is 5.21. The molecule has 1 aliphatic heterocycles. The van der Waals surface area contributed by atoms with E-state index in [1.165, 1.54) is 24.3 Å². The number of nitrogens with zero attached hydrogens (tertiary/aromatic N) is 2. The van der Waals surface area contributed by atoms with Gasteiger partial charge in [0.2, 0.25) is 0 Å². The second-order valence-corrected chi connectivity index (χ2v) is 9.90. The molecule has 180 valence electrons. The highest BCUT2D eigenvalue weighted by Crippen LogP contribution is 2.19. The number of aliphatic imine (C=N–C) groups is 1. The Bertz CT molecular complexity index is 1210. The van der Waals surface area contributed by atoms with Gasteiger partial charge in [0, 0.05) is 13.1 Å². The first kappa shape index (κ1) is 25.5. The van der Waals surface area contributed by atoms with Gasteiger partial charge in [-0.05, 0) is 73.5 Å². The molecule has 7 nitrogen and oxygen atoms in total. The fourth-order valence-corrected chi connectivity index (χ4v) is 4.67. The predicted molar refractivity (Wildman–Crippen MR) is 135 cm³/mol. The molecule has 0 spiro atoms. The van der Waals surface area contributed by atoms with Crippen LogP contribution in [0.15, 0.2) is 64.1 Å². The summed E-state index contributed by atoms with van der Waals surface area (Å²) in [5, 5.41) is 2.95. The number of amidine groups is 1. The number of amides is 1. The number of hydrogen-bond donors (Lipinski definition) is 2. The highest BCUT2D eigenvalue weighted by atomic mass is 32.2. The van der Waals surface area contributed by atoms with Crippen molar-refractivity contribution in [1.29, 1.82) is 0 Å². The molecule has 0 aliphatic carbocycles. The molecule has 3 rings (SSSR count). The molecule has 0 radical (unpaired) electrons. The minimum Gasteiger partial charge on any atom is -0.362 e. The van der Waals surface area contributed by atoms with Gasteiger partial charge in [0.15, 0.2) is 5.11 Å². The Morgan fingerprint density at radius 1 is 1.15 bits per heavy atom. The van der Waals surface area contributed by atoms with Crippen molar-refractivity contribution in [3.8, 4) is 0 Å².